The molecule has 4 heterocycles. The number of carbonyl (C=O) groups excluding carboxylic acids is 2. The van der Waals surface area contributed by atoms with Crippen LogP contribution in [0.15, 0.2) is 27.0 Å². The van der Waals surface area contributed by atoms with Crippen LogP contribution in [0.4, 0.5) is 5.13 Å². The minimum atomic E-state index is -1.25. The molecule has 2 aromatic heterocycles. The van der Waals surface area contributed by atoms with E-state index in [1.807, 2.05) is 0 Å². The van der Waals surface area contributed by atoms with E-state index < -0.39 is 29.2 Å². The first-order valence-electron chi connectivity index (χ1n) is 10.5. The molecule has 1 unspecified atom stereocenters. The number of amides is 2. The molecule has 1 saturated heterocycles. The van der Waals surface area contributed by atoms with Gasteiger partial charge in [0.15, 0.2) is 17.5 Å². The van der Waals surface area contributed by atoms with Crippen LogP contribution in [-0.2, 0) is 25.8 Å². The van der Waals surface area contributed by atoms with Crippen LogP contribution in [0.1, 0.15) is 5.69 Å². The second-order valence-corrected chi connectivity index (χ2v) is 10.3. The maximum absolute atomic E-state index is 13.0. The number of nitrogens with one attached hydrogen (secondary N) is 1. The predicted molar refractivity (Wildman–Crippen MR) is 135 cm³/mol. The van der Waals surface area contributed by atoms with Crippen molar-refractivity contribution >= 4 is 63.5 Å². The molecule has 37 heavy (non-hydrogen) atoms. The maximum atomic E-state index is 13.0. The standard InChI is InChI=1S/C19H20N10O5S3/c1-2-5-34-25-11(10-8-36-18(21)22-10)14(30)23-12-15(31)29-13(17(32)33)9(6-35-16(12)29)7-37-19-24-26-27-28(19)4-3-20/h1,8,12,16H,3-7,20H2,(H2,21,22)(H,23,30)(H,32,33)/b25-11-/t12?,16-/m1/s1. The second kappa shape index (κ2) is 11.6. The maximum Gasteiger partial charge on any atom is 0.352 e. The Morgan fingerprint density at radius 2 is 2.27 bits per heavy atom. The SMILES string of the molecule is C#CCO/N=C(\C(=O)NC1C(=O)N2C(C(=O)O)=C(CSc3nnnn3CCN)CS[C@H]12)c1csc(N)n1. The largest absolute Gasteiger partial charge is 0.477 e. The lowest BCUT2D eigenvalue weighted by atomic mass is 10.0. The summed E-state index contributed by atoms with van der Waals surface area (Å²) in [5.41, 5.74) is 11.6. The molecule has 0 spiro atoms. The fourth-order valence-corrected chi connectivity index (χ4v) is 6.39. The van der Waals surface area contributed by atoms with Gasteiger partial charge in [-0.3, -0.25) is 14.5 Å². The number of rotatable bonds is 11. The molecule has 15 nitrogen and oxygen atoms in total. The summed E-state index contributed by atoms with van der Waals surface area (Å²) >= 11 is 3.67. The Kier molecular flexibility index (Phi) is 8.27. The Hall–Kier alpha value is -3.66. The van der Waals surface area contributed by atoms with Gasteiger partial charge in [0.25, 0.3) is 11.8 Å². The zero-order valence-electron chi connectivity index (χ0n) is 18.9. The summed E-state index contributed by atoms with van der Waals surface area (Å²) in [6, 6.07) is -0.980. The molecule has 6 N–H and O–H groups in total. The smallest absolute Gasteiger partial charge is 0.352 e. The van der Waals surface area contributed by atoms with Gasteiger partial charge in [-0.05, 0) is 16.0 Å². The van der Waals surface area contributed by atoms with Gasteiger partial charge in [0.1, 0.15) is 22.8 Å². The number of fused-ring (bicyclic) bond motifs is 1. The van der Waals surface area contributed by atoms with Crippen molar-refractivity contribution in [3.05, 3.63) is 22.3 Å². The van der Waals surface area contributed by atoms with E-state index in [1.54, 1.807) is 0 Å². The lowest BCUT2D eigenvalue weighted by Gasteiger charge is -2.49. The average Bonchev–Trinajstić information content (AvgIpc) is 3.51. The van der Waals surface area contributed by atoms with Crippen molar-refractivity contribution in [1.82, 2.24) is 35.4 Å². The van der Waals surface area contributed by atoms with Gasteiger partial charge in [-0.15, -0.1) is 34.6 Å². The number of thiazole rings is 1. The molecule has 18 heteroatoms. The summed E-state index contributed by atoms with van der Waals surface area (Å²) in [5, 5.41) is 29.2. The summed E-state index contributed by atoms with van der Waals surface area (Å²) < 4.78 is 1.52. The molecule has 2 atom stereocenters. The lowest BCUT2D eigenvalue weighted by Crippen LogP contribution is -2.71. The van der Waals surface area contributed by atoms with Crippen LogP contribution >= 0.6 is 34.9 Å². The number of oxime groups is 1. The molecule has 1 fully saturated rings. The van der Waals surface area contributed by atoms with E-state index in [9.17, 15) is 19.5 Å². The fraction of sp³-hybridized carbons (Fsp3) is 0.368. The van der Waals surface area contributed by atoms with E-state index in [0.29, 0.717) is 29.6 Å². The van der Waals surface area contributed by atoms with E-state index >= 15 is 0 Å². The third kappa shape index (κ3) is 5.53. The first-order chi connectivity index (χ1) is 17.8. The molecule has 0 bridgehead atoms. The molecule has 2 aliphatic heterocycles. The zero-order chi connectivity index (χ0) is 26.5. The summed E-state index contributed by atoms with van der Waals surface area (Å²) in [6.45, 7) is 0.569. The van der Waals surface area contributed by atoms with Crippen LogP contribution < -0.4 is 16.8 Å². The van der Waals surface area contributed by atoms with E-state index in [2.05, 4.69) is 36.9 Å². The van der Waals surface area contributed by atoms with Gasteiger partial charge in [0, 0.05) is 23.4 Å². The number of carbonyl (C=O) groups is 3. The summed E-state index contributed by atoms with van der Waals surface area (Å²) in [7, 11) is 0. The number of nitrogens with two attached hydrogens (primary N) is 2. The number of carboxylic acids is 1. The van der Waals surface area contributed by atoms with Crippen LogP contribution in [0, 0.1) is 12.3 Å². The van der Waals surface area contributed by atoms with Crippen LogP contribution in [-0.4, -0.2) is 94.8 Å². The quantitative estimate of drug-likeness (QED) is 0.0614. The zero-order valence-corrected chi connectivity index (χ0v) is 21.4. The number of aromatic nitrogens is 5. The van der Waals surface area contributed by atoms with Crippen LogP contribution in [0.2, 0.25) is 0 Å². The Morgan fingerprint density at radius 3 is 2.95 bits per heavy atom. The van der Waals surface area contributed by atoms with Gasteiger partial charge in [-0.25, -0.2) is 14.5 Å². The molecule has 2 aromatic rings. The van der Waals surface area contributed by atoms with Crippen LogP contribution in [0.3, 0.4) is 0 Å². The van der Waals surface area contributed by atoms with Gasteiger partial charge in [0.2, 0.25) is 5.16 Å². The van der Waals surface area contributed by atoms with Crippen molar-refractivity contribution in [3.63, 3.8) is 0 Å². The number of tetrazole rings is 1. The highest BCUT2D eigenvalue weighted by Crippen LogP contribution is 2.41. The fourth-order valence-electron chi connectivity index (χ4n) is 3.45. The molecular formula is C19H20N10O5S3. The monoisotopic (exact) mass is 564 g/mol. The number of hydrogen-bond acceptors (Lipinski definition) is 14. The lowest BCUT2D eigenvalue weighted by molar-refractivity contribution is -0.150. The van der Waals surface area contributed by atoms with Gasteiger partial charge >= 0.3 is 5.97 Å². The molecule has 0 aliphatic carbocycles. The normalized spacial score (nSPS) is 19.2. The van der Waals surface area contributed by atoms with Gasteiger partial charge in [0.05, 0.1) is 6.54 Å². The number of aliphatic carboxylic acids is 1. The number of carboxylic acid groups (broad SMARTS) is 1. The van der Waals surface area contributed by atoms with E-state index in [1.165, 1.54) is 38.5 Å². The molecule has 0 aromatic carbocycles. The molecule has 4 rings (SSSR count). The molecule has 2 aliphatic rings. The van der Waals surface area contributed by atoms with Crippen molar-refractivity contribution in [2.45, 2.75) is 23.1 Å². The van der Waals surface area contributed by atoms with Gasteiger partial charge in [-0.2, -0.15) is 0 Å². The Morgan fingerprint density at radius 1 is 1.46 bits per heavy atom. The van der Waals surface area contributed by atoms with Crippen molar-refractivity contribution in [3.8, 4) is 12.3 Å². The number of thioether (sulfide) groups is 2. The van der Waals surface area contributed by atoms with Crippen molar-refractivity contribution < 1.29 is 24.3 Å². The number of nitrogen functional groups attached to an aromatic ring is 1. The summed E-state index contributed by atoms with van der Waals surface area (Å²) in [4.78, 5) is 48.2. The van der Waals surface area contributed by atoms with Gasteiger partial charge < -0.3 is 26.7 Å². The van der Waals surface area contributed by atoms with E-state index in [-0.39, 0.29) is 34.6 Å². The third-order valence-corrected chi connectivity index (χ3v) is 8.09. The first-order valence-corrected chi connectivity index (χ1v) is 13.4. The number of anilines is 1. The van der Waals surface area contributed by atoms with Crippen LogP contribution in [0.5, 0.6) is 0 Å². The Labute approximate surface area is 222 Å². The molecule has 2 amide bonds. The van der Waals surface area contributed by atoms with Gasteiger partial charge in [-0.1, -0.05) is 22.8 Å². The second-order valence-electron chi connectivity index (χ2n) is 7.37. The minimum absolute atomic E-state index is 0.122. The van der Waals surface area contributed by atoms with Crippen molar-refractivity contribution in [2.24, 2.45) is 10.9 Å². The van der Waals surface area contributed by atoms with E-state index in [0.717, 1.165) is 11.3 Å². The summed E-state index contributed by atoms with van der Waals surface area (Å²) in [6.07, 6.45) is 5.15. The molecule has 0 radical (unpaired) electrons. The number of terminal acetylenes is 1. The summed E-state index contributed by atoms with van der Waals surface area (Å²) in [5.74, 6) is 0.243. The van der Waals surface area contributed by atoms with E-state index in [4.69, 9.17) is 22.7 Å². The predicted octanol–water partition coefficient (Wildman–Crippen LogP) is -1.44. The number of hydrogen-bond donors (Lipinski definition) is 4. The molecule has 0 saturated carbocycles. The Bertz CT molecular complexity index is 1320. The highest BCUT2D eigenvalue weighted by atomic mass is 32.2. The van der Waals surface area contributed by atoms with Crippen molar-refractivity contribution in [1.29, 1.82) is 0 Å². The number of β-lactam (4-membered cyclic amide) rings is 1. The third-order valence-electron chi connectivity index (χ3n) is 5.04. The molecular weight excluding hydrogens is 544 g/mol. The topological polar surface area (TPSA) is 217 Å². The van der Waals surface area contributed by atoms with Crippen LogP contribution in [0.25, 0.3) is 0 Å². The minimum Gasteiger partial charge on any atom is -0.477 e. The number of nitrogens with zero attached hydrogens (tertiary/aromatic N) is 7. The van der Waals surface area contributed by atoms with Crippen molar-refractivity contribution in [2.75, 3.05) is 30.4 Å². The average molecular weight is 565 g/mol. The highest BCUT2D eigenvalue weighted by Gasteiger charge is 2.54. The Balaban J connectivity index is 1.48. The first kappa shape index (κ1) is 26.4. The highest BCUT2D eigenvalue weighted by molar-refractivity contribution is 8.01. The molecule has 194 valence electrons.